The number of nitrogens with zero attached hydrogens (tertiary/aromatic N) is 3. The van der Waals surface area contributed by atoms with Gasteiger partial charge in [0, 0.05) is 31.6 Å². The number of piperidine rings is 1. The number of likely N-dealkylation sites (tertiary alicyclic amines) is 1. The second kappa shape index (κ2) is 7.35. The maximum absolute atomic E-state index is 12.7. The van der Waals surface area contributed by atoms with Gasteiger partial charge in [0.1, 0.15) is 5.69 Å². The third kappa shape index (κ3) is 3.77. The molecule has 0 unspecified atom stereocenters. The molecule has 2 aromatic rings. The molecular formula is C20H20N4O3. The van der Waals surface area contributed by atoms with Gasteiger partial charge in [-0.05, 0) is 36.4 Å². The lowest BCUT2D eigenvalue weighted by Gasteiger charge is -2.37. The Morgan fingerprint density at radius 1 is 1.07 bits per heavy atom. The lowest BCUT2D eigenvalue weighted by Crippen LogP contribution is -2.47. The van der Waals surface area contributed by atoms with E-state index in [0.717, 1.165) is 11.4 Å². The van der Waals surface area contributed by atoms with E-state index in [-0.39, 0.29) is 5.91 Å². The summed E-state index contributed by atoms with van der Waals surface area (Å²) in [6, 6.07) is 12.8. The predicted molar refractivity (Wildman–Crippen MR) is 98.4 cm³/mol. The molecule has 138 valence electrons. The van der Waals surface area contributed by atoms with Crippen LogP contribution in [0, 0.1) is 11.3 Å². The summed E-state index contributed by atoms with van der Waals surface area (Å²) in [5.41, 5.74) is 2.66. The number of rotatable bonds is 3. The summed E-state index contributed by atoms with van der Waals surface area (Å²) in [6.07, 6.45) is 3.02. The van der Waals surface area contributed by atoms with Gasteiger partial charge in [-0.25, -0.2) is 4.98 Å². The van der Waals surface area contributed by atoms with E-state index >= 15 is 0 Å². The molecule has 1 aromatic carbocycles. The SMILES string of the molecule is N#Cc1ccc(Nc2ccc(C(=O)N3CCC4(CC3)OCCO4)nc2)cc1. The van der Waals surface area contributed by atoms with Crippen LogP contribution in [0.4, 0.5) is 11.4 Å². The van der Waals surface area contributed by atoms with E-state index in [9.17, 15) is 4.79 Å². The van der Waals surface area contributed by atoms with Crippen molar-refractivity contribution in [3.05, 3.63) is 53.9 Å². The maximum atomic E-state index is 12.7. The van der Waals surface area contributed by atoms with Gasteiger partial charge in [0.2, 0.25) is 0 Å². The average Bonchev–Trinajstić information content (AvgIpc) is 3.17. The molecule has 2 fully saturated rings. The Labute approximate surface area is 157 Å². The van der Waals surface area contributed by atoms with Crippen LogP contribution in [0.5, 0.6) is 0 Å². The third-order valence-corrected chi connectivity index (χ3v) is 4.91. The standard InChI is InChI=1S/C20H20N4O3/c21-13-15-1-3-16(4-2-15)23-17-5-6-18(22-14-17)19(25)24-9-7-20(8-10-24)26-11-12-27-20/h1-6,14,23H,7-12H2. The van der Waals surface area contributed by atoms with Crippen LogP contribution in [0.1, 0.15) is 28.9 Å². The van der Waals surface area contributed by atoms with Crippen molar-refractivity contribution in [2.75, 3.05) is 31.6 Å². The molecule has 7 heteroatoms. The highest BCUT2D eigenvalue weighted by molar-refractivity contribution is 5.92. The Morgan fingerprint density at radius 3 is 2.33 bits per heavy atom. The fourth-order valence-electron chi connectivity index (χ4n) is 3.39. The number of carbonyl (C=O) groups excluding carboxylic acids is 1. The minimum atomic E-state index is -0.487. The first-order chi connectivity index (χ1) is 13.2. The number of aromatic nitrogens is 1. The lowest BCUT2D eigenvalue weighted by atomic mass is 10.0. The normalized spacial score (nSPS) is 18.3. The van der Waals surface area contributed by atoms with Crippen molar-refractivity contribution in [3.8, 4) is 6.07 Å². The van der Waals surface area contributed by atoms with Crippen molar-refractivity contribution in [2.45, 2.75) is 18.6 Å². The molecule has 0 aliphatic carbocycles. The third-order valence-electron chi connectivity index (χ3n) is 4.91. The number of pyridine rings is 1. The van der Waals surface area contributed by atoms with Crippen LogP contribution in [-0.2, 0) is 9.47 Å². The fourth-order valence-corrected chi connectivity index (χ4v) is 3.39. The number of hydrogen-bond acceptors (Lipinski definition) is 6. The van der Waals surface area contributed by atoms with Gasteiger partial charge in [-0.1, -0.05) is 0 Å². The quantitative estimate of drug-likeness (QED) is 0.901. The first-order valence-corrected chi connectivity index (χ1v) is 8.98. The topological polar surface area (TPSA) is 87.5 Å². The highest BCUT2D eigenvalue weighted by atomic mass is 16.7. The summed E-state index contributed by atoms with van der Waals surface area (Å²) in [5, 5.41) is 12.0. The Balaban J connectivity index is 1.37. The number of anilines is 2. The van der Waals surface area contributed by atoms with Crippen molar-refractivity contribution in [3.63, 3.8) is 0 Å². The predicted octanol–water partition coefficient (Wildman–Crippen LogP) is 2.68. The molecule has 7 nitrogen and oxygen atoms in total. The molecule has 1 spiro atoms. The van der Waals surface area contributed by atoms with Crippen molar-refractivity contribution < 1.29 is 14.3 Å². The smallest absolute Gasteiger partial charge is 0.272 e. The van der Waals surface area contributed by atoms with E-state index in [1.54, 1.807) is 29.3 Å². The lowest BCUT2D eigenvalue weighted by molar-refractivity contribution is -0.181. The summed E-state index contributed by atoms with van der Waals surface area (Å²) in [7, 11) is 0. The van der Waals surface area contributed by atoms with Gasteiger partial charge in [-0.2, -0.15) is 5.26 Å². The molecule has 0 radical (unpaired) electrons. The summed E-state index contributed by atoms with van der Waals surface area (Å²) >= 11 is 0. The van der Waals surface area contributed by atoms with Crippen LogP contribution in [-0.4, -0.2) is 47.9 Å². The van der Waals surface area contributed by atoms with Crippen molar-refractivity contribution in [1.82, 2.24) is 9.88 Å². The van der Waals surface area contributed by atoms with Gasteiger partial charge in [0.15, 0.2) is 5.79 Å². The van der Waals surface area contributed by atoms with Crippen LogP contribution in [0.2, 0.25) is 0 Å². The second-order valence-electron chi connectivity index (χ2n) is 6.65. The van der Waals surface area contributed by atoms with Gasteiger partial charge < -0.3 is 19.7 Å². The molecule has 4 rings (SSSR count). The zero-order chi connectivity index (χ0) is 18.7. The minimum Gasteiger partial charge on any atom is -0.354 e. The Morgan fingerprint density at radius 2 is 1.74 bits per heavy atom. The van der Waals surface area contributed by atoms with Gasteiger partial charge in [0.25, 0.3) is 5.91 Å². The molecule has 1 aromatic heterocycles. The number of nitriles is 1. The largest absolute Gasteiger partial charge is 0.354 e. The molecule has 0 saturated carbocycles. The van der Waals surface area contributed by atoms with E-state index in [0.29, 0.717) is 50.4 Å². The van der Waals surface area contributed by atoms with Crippen LogP contribution in [0.15, 0.2) is 42.6 Å². The fraction of sp³-hybridized carbons (Fsp3) is 0.350. The van der Waals surface area contributed by atoms with Crippen molar-refractivity contribution >= 4 is 17.3 Å². The van der Waals surface area contributed by atoms with Gasteiger partial charge in [-0.3, -0.25) is 4.79 Å². The Hall–Kier alpha value is -2.95. The first-order valence-electron chi connectivity index (χ1n) is 8.98. The molecule has 2 aliphatic heterocycles. The van der Waals surface area contributed by atoms with Crippen LogP contribution < -0.4 is 5.32 Å². The van der Waals surface area contributed by atoms with Gasteiger partial charge in [-0.15, -0.1) is 0 Å². The minimum absolute atomic E-state index is 0.0761. The number of hydrogen-bond donors (Lipinski definition) is 1. The highest BCUT2D eigenvalue weighted by Gasteiger charge is 2.40. The first kappa shape index (κ1) is 17.5. The van der Waals surface area contributed by atoms with E-state index in [1.165, 1.54) is 0 Å². The molecular weight excluding hydrogens is 344 g/mol. The Bertz CT molecular complexity index is 842. The van der Waals surface area contributed by atoms with Gasteiger partial charge in [0.05, 0.1) is 36.7 Å². The van der Waals surface area contributed by atoms with Crippen LogP contribution in [0.3, 0.4) is 0 Å². The number of nitrogens with one attached hydrogen (secondary N) is 1. The Kier molecular flexibility index (Phi) is 4.75. The molecule has 2 aliphatic rings. The zero-order valence-electron chi connectivity index (χ0n) is 14.9. The van der Waals surface area contributed by atoms with E-state index < -0.39 is 5.79 Å². The van der Waals surface area contributed by atoms with Gasteiger partial charge >= 0.3 is 0 Å². The summed E-state index contributed by atoms with van der Waals surface area (Å²) in [6.45, 7) is 2.46. The molecule has 0 bridgehead atoms. The van der Waals surface area contributed by atoms with E-state index in [2.05, 4.69) is 16.4 Å². The molecule has 1 N–H and O–H groups in total. The number of amides is 1. The van der Waals surface area contributed by atoms with Crippen LogP contribution >= 0.6 is 0 Å². The maximum Gasteiger partial charge on any atom is 0.272 e. The van der Waals surface area contributed by atoms with E-state index in [1.807, 2.05) is 18.2 Å². The molecule has 2 saturated heterocycles. The second-order valence-corrected chi connectivity index (χ2v) is 6.65. The average molecular weight is 364 g/mol. The van der Waals surface area contributed by atoms with Crippen LogP contribution in [0.25, 0.3) is 0 Å². The number of benzene rings is 1. The highest BCUT2D eigenvalue weighted by Crippen LogP contribution is 2.31. The van der Waals surface area contributed by atoms with Crippen molar-refractivity contribution in [1.29, 1.82) is 5.26 Å². The number of carbonyl (C=O) groups is 1. The summed E-state index contributed by atoms with van der Waals surface area (Å²) in [4.78, 5) is 18.8. The summed E-state index contributed by atoms with van der Waals surface area (Å²) in [5.74, 6) is -0.563. The molecule has 0 atom stereocenters. The molecule has 27 heavy (non-hydrogen) atoms. The monoisotopic (exact) mass is 364 g/mol. The molecule has 3 heterocycles. The van der Waals surface area contributed by atoms with E-state index in [4.69, 9.17) is 14.7 Å². The summed E-state index contributed by atoms with van der Waals surface area (Å²) < 4.78 is 11.4. The molecule has 1 amide bonds. The van der Waals surface area contributed by atoms with Crippen molar-refractivity contribution in [2.24, 2.45) is 0 Å². The zero-order valence-corrected chi connectivity index (χ0v) is 14.9. The number of ether oxygens (including phenoxy) is 2.